The number of aliphatic hydroxyl groups is 1. The van der Waals surface area contributed by atoms with Crippen LogP contribution >= 0.6 is 0 Å². The zero-order valence-electron chi connectivity index (χ0n) is 10.5. The molecule has 0 bridgehead atoms. The van der Waals surface area contributed by atoms with Gasteiger partial charge in [-0.2, -0.15) is 0 Å². The van der Waals surface area contributed by atoms with Crippen LogP contribution in [-0.4, -0.2) is 36.2 Å². The molecule has 2 fully saturated rings. The Bertz CT molecular complexity index is 465. The molecule has 3 rings (SSSR count). The molecule has 2 atom stereocenters. The summed E-state index contributed by atoms with van der Waals surface area (Å²) in [6, 6.07) is 4.49. The summed E-state index contributed by atoms with van der Waals surface area (Å²) in [4.78, 5) is 2.30. The normalized spacial score (nSPS) is 31.6. The van der Waals surface area contributed by atoms with Gasteiger partial charge in [-0.05, 0) is 44.0 Å². The first-order valence-electron chi connectivity index (χ1n) is 6.45. The van der Waals surface area contributed by atoms with Gasteiger partial charge in [0.1, 0.15) is 17.2 Å². The van der Waals surface area contributed by atoms with Gasteiger partial charge < -0.3 is 9.84 Å². The van der Waals surface area contributed by atoms with E-state index in [0.29, 0.717) is 17.7 Å². The number of benzene rings is 1. The van der Waals surface area contributed by atoms with Crippen molar-refractivity contribution in [2.75, 3.05) is 20.2 Å². The molecule has 98 valence electrons. The Morgan fingerprint density at radius 1 is 1.44 bits per heavy atom. The highest BCUT2D eigenvalue weighted by atomic mass is 19.1. The first kappa shape index (κ1) is 11.9. The van der Waals surface area contributed by atoms with Crippen LogP contribution in [0.5, 0.6) is 5.75 Å². The lowest BCUT2D eigenvalue weighted by Crippen LogP contribution is -2.39. The molecule has 2 saturated heterocycles. The third-order valence-electron chi connectivity index (χ3n) is 4.32. The molecule has 2 aliphatic heterocycles. The van der Waals surface area contributed by atoms with E-state index in [1.54, 1.807) is 13.2 Å². The third-order valence-corrected chi connectivity index (χ3v) is 4.32. The fourth-order valence-electron chi connectivity index (χ4n) is 3.45. The fourth-order valence-corrected chi connectivity index (χ4v) is 3.45. The first-order valence-corrected chi connectivity index (χ1v) is 6.45. The number of hydrogen-bond donors (Lipinski definition) is 1. The molecule has 2 unspecified atom stereocenters. The number of nitrogens with zero attached hydrogens (tertiary/aromatic N) is 1. The van der Waals surface area contributed by atoms with Crippen LogP contribution < -0.4 is 4.74 Å². The lowest BCUT2D eigenvalue weighted by atomic mass is 9.84. The second-order valence-electron chi connectivity index (χ2n) is 5.21. The Kier molecular flexibility index (Phi) is 2.79. The fraction of sp³-hybridized carbons (Fsp3) is 0.571. The highest BCUT2D eigenvalue weighted by Gasteiger charge is 2.50. The molecule has 2 heterocycles. The maximum atomic E-state index is 13.5. The zero-order valence-corrected chi connectivity index (χ0v) is 10.5. The molecule has 1 N–H and O–H groups in total. The molecule has 0 spiro atoms. The van der Waals surface area contributed by atoms with E-state index in [0.717, 1.165) is 25.9 Å². The van der Waals surface area contributed by atoms with Crippen LogP contribution in [0.4, 0.5) is 4.39 Å². The number of hydrogen-bond acceptors (Lipinski definition) is 3. The van der Waals surface area contributed by atoms with Gasteiger partial charge in [0.15, 0.2) is 0 Å². The number of methoxy groups -OCH3 is 1. The predicted octanol–water partition coefficient (Wildman–Crippen LogP) is 1.89. The second-order valence-corrected chi connectivity index (χ2v) is 5.21. The van der Waals surface area contributed by atoms with Gasteiger partial charge in [0.25, 0.3) is 0 Å². The van der Waals surface area contributed by atoms with E-state index < -0.39 is 5.60 Å². The molecule has 1 aromatic carbocycles. The van der Waals surface area contributed by atoms with Gasteiger partial charge in [-0.15, -0.1) is 0 Å². The molecule has 4 heteroatoms. The molecule has 3 nitrogen and oxygen atoms in total. The average Bonchev–Trinajstić information content (AvgIpc) is 2.94. The van der Waals surface area contributed by atoms with Crippen molar-refractivity contribution in [1.82, 2.24) is 4.90 Å². The van der Waals surface area contributed by atoms with E-state index in [2.05, 4.69) is 4.90 Å². The zero-order chi connectivity index (χ0) is 12.8. The summed E-state index contributed by atoms with van der Waals surface area (Å²) in [7, 11) is 1.56. The number of halogens is 1. The van der Waals surface area contributed by atoms with E-state index in [1.165, 1.54) is 12.1 Å². The monoisotopic (exact) mass is 251 g/mol. The van der Waals surface area contributed by atoms with Crippen LogP contribution in [-0.2, 0) is 5.60 Å². The van der Waals surface area contributed by atoms with Crippen LogP contribution in [0.25, 0.3) is 0 Å². The quantitative estimate of drug-likeness (QED) is 0.871. The predicted molar refractivity (Wildman–Crippen MR) is 66.1 cm³/mol. The summed E-state index contributed by atoms with van der Waals surface area (Å²) in [6.45, 7) is 1.91. The van der Waals surface area contributed by atoms with Crippen molar-refractivity contribution in [3.63, 3.8) is 0 Å². The van der Waals surface area contributed by atoms with Crippen molar-refractivity contribution in [1.29, 1.82) is 0 Å². The summed E-state index contributed by atoms with van der Waals surface area (Å²) in [6.07, 6.45) is 2.72. The highest BCUT2D eigenvalue weighted by Crippen LogP contribution is 2.45. The number of rotatable bonds is 2. The molecule has 0 aromatic heterocycles. The summed E-state index contributed by atoms with van der Waals surface area (Å²) >= 11 is 0. The largest absolute Gasteiger partial charge is 0.496 e. The second kappa shape index (κ2) is 4.21. The Morgan fingerprint density at radius 2 is 2.28 bits per heavy atom. The van der Waals surface area contributed by atoms with E-state index in [4.69, 9.17) is 4.74 Å². The minimum absolute atomic E-state index is 0.105. The van der Waals surface area contributed by atoms with Crippen molar-refractivity contribution in [2.45, 2.75) is 30.9 Å². The molecular weight excluding hydrogens is 233 g/mol. The number of ether oxygens (including phenoxy) is 1. The summed E-state index contributed by atoms with van der Waals surface area (Å²) in [5.74, 6) is 0.253. The molecule has 0 aliphatic carbocycles. The lowest BCUT2D eigenvalue weighted by Gasteiger charge is -2.31. The molecule has 1 aromatic rings. The SMILES string of the molecule is COc1ccc(F)cc1C1(O)CCN2CCCC21. The Labute approximate surface area is 106 Å². The molecule has 18 heavy (non-hydrogen) atoms. The van der Waals surface area contributed by atoms with Crippen molar-refractivity contribution >= 4 is 0 Å². The van der Waals surface area contributed by atoms with Crippen LogP contribution in [0.1, 0.15) is 24.8 Å². The molecule has 0 amide bonds. The van der Waals surface area contributed by atoms with Gasteiger partial charge in [0.2, 0.25) is 0 Å². The van der Waals surface area contributed by atoms with Crippen molar-refractivity contribution in [2.24, 2.45) is 0 Å². The lowest BCUT2D eigenvalue weighted by molar-refractivity contribution is 0.00709. The van der Waals surface area contributed by atoms with Crippen molar-refractivity contribution in [3.05, 3.63) is 29.6 Å². The smallest absolute Gasteiger partial charge is 0.125 e. The average molecular weight is 251 g/mol. The van der Waals surface area contributed by atoms with E-state index in [9.17, 15) is 9.50 Å². The van der Waals surface area contributed by atoms with Gasteiger partial charge in [-0.25, -0.2) is 4.39 Å². The minimum atomic E-state index is -0.968. The topological polar surface area (TPSA) is 32.7 Å². The minimum Gasteiger partial charge on any atom is -0.496 e. The van der Waals surface area contributed by atoms with Gasteiger partial charge in [-0.1, -0.05) is 0 Å². The van der Waals surface area contributed by atoms with E-state index >= 15 is 0 Å². The van der Waals surface area contributed by atoms with Crippen molar-refractivity contribution in [3.8, 4) is 5.75 Å². The summed E-state index contributed by atoms with van der Waals surface area (Å²) in [5, 5.41) is 11.0. The molecule has 0 saturated carbocycles. The summed E-state index contributed by atoms with van der Waals surface area (Å²) < 4.78 is 18.8. The third kappa shape index (κ3) is 1.63. The van der Waals surface area contributed by atoms with Gasteiger partial charge in [0.05, 0.1) is 7.11 Å². The van der Waals surface area contributed by atoms with Crippen LogP contribution in [0.2, 0.25) is 0 Å². The first-order chi connectivity index (χ1) is 8.65. The van der Waals surface area contributed by atoms with Gasteiger partial charge in [0, 0.05) is 18.2 Å². The van der Waals surface area contributed by atoms with Gasteiger partial charge >= 0.3 is 0 Å². The summed E-state index contributed by atoms with van der Waals surface area (Å²) in [5.41, 5.74) is -0.372. The Hall–Kier alpha value is -1.13. The molecule has 2 aliphatic rings. The molecular formula is C14H18FNO2. The van der Waals surface area contributed by atoms with Crippen LogP contribution in [0.3, 0.4) is 0 Å². The number of fused-ring (bicyclic) bond motifs is 1. The highest BCUT2D eigenvalue weighted by molar-refractivity contribution is 5.40. The standard InChI is InChI=1S/C14H18FNO2/c1-18-12-5-4-10(15)9-11(12)14(17)6-8-16-7-2-3-13(14)16/h4-5,9,13,17H,2-3,6-8H2,1H3. The Morgan fingerprint density at radius 3 is 3.06 bits per heavy atom. The molecule has 0 radical (unpaired) electrons. The van der Waals surface area contributed by atoms with Gasteiger partial charge in [-0.3, -0.25) is 4.90 Å². The van der Waals surface area contributed by atoms with Crippen LogP contribution in [0, 0.1) is 5.82 Å². The maximum Gasteiger partial charge on any atom is 0.125 e. The van der Waals surface area contributed by atoms with Crippen molar-refractivity contribution < 1.29 is 14.2 Å². The maximum absolute atomic E-state index is 13.5. The van der Waals surface area contributed by atoms with Crippen LogP contribution in [0.15, 0.2) is 18.2 Å². The van der Waals surface area contributed by atoms with E-state index in [1.807, 2.05) is 0 Å². The Balaban J connectivity index is 2.05. The van der Waals surface area contributed by atoms with E-state index in [-0.39, 0.29) is 11.9 Å².